The summed E-state index contributed by atoms with van der Waals surface area (Å²) < 4.78 is 4.97. The van der Waals surface area contributed by atoms with Crippen LogP contribution >= 0.6 is 0 Å². The first-order chi connectivity index (χ1) is 8.31. The number of oxazole rings is 1. The number of nitrogens with one attached hydrogen (secondary N) is 3. The third kappa shape index (κ3) is 2.25. The highest BCUT2D eigenvalue weighted by molar-refractivity contribution is 5.72. The van der Waals surface area contributed by atoms with Crippen LogP contribution in [0.5, 0.6) is 0 Å². The van der Waals surface area contributed by atoms with E-state index in [1.165, 1.54) is 5.56 Å². The highest BCUT2D eigenvalue weighted by Gasteiger charge is 2.13. The van der Waals surface area contributed by atoms with Crippen molar-refractivity contribution in [2.24, 2.45) is 0 Å². The van der Waals surface area contributed by atoms with Crippen LogP contribution in [0.15, 0.2) is 27.4 Å². The average Bonchev–Trinajstić information content (AvgIpc) is 2.70. The molecular weight excluding hydrogens is 218 g/mol. The number of benzene rings is 1. The zero-order chi connectivity index (χ0) is 11.7. The van der Waals surface area contributed by atoms with Gasteiger partial charge in [0.1, 0.15) is 0 Å². The molecule has 0 amide bonds. The summed E-state index contributed by atoms with van der Waals surface area (Å²) >= 11 is 0. The van der Waals surface area contributed by atoms with Gasteiger partial charge in [0.25, 0.3) is 0 Å². The number of aromatic nitrogens is 1. The Morgan fingerprint density at radius 1 is 1.35 bits per heavy atom. The number of hydrogen-bond acceptors (Lipinski definition) is 4. The van der Waals surface area contributed by atoms with E-state index in [9.17, 15) is 4.79 Å². The minimum atomic E-state index is -0.394. The van der Waals surface area contributed by atoms with Gasteiger partial charge in [0, 0.05) is 25.7 Å². The van der Waals surface area contributed by atoms with Crippen molar-refractivity contribution in [1.29, 1.82) is 0 Å². The Hall–Kier alpha value is -1.59. The summed E-state index contributed by atoms with van der Waals surface area (Å²) in [6.07, 6.45) is 0.955. The van der Waals surface area contributed by atoms with E-state index < -0.39 is 5.76 Å². The van der Waals surface area contributed by atoms with Gasteiger partial charge in [0.2, 0.25) is 0 Å². The SMILES string of the molecule is O=c1[nH]c2cc(CC3CNCCN3)ccc2o1. The molecule has 1 aromatic heterocycles. The number of aromatic amines is 1. The monoisotopic (exact) mass is 233 g/mol. The molecule has 1 unspecified atom stereocenters. The summed E-state index contributed by atoms with van der Waals surface area (Å²) in [6, 6.07) is 6.30. The molecule has 1 fully saturated rings. The molecule has 17 heavy (non-hydrogen) atoms. The van der Waals surface area contributed by atoms with Gasteiger partial charge >= 0.3 is 5.76 Å². The Bertz CT molecular complexity index is 566. The Labute approximate surface area is 98.2 Å². The van der Waals surface area contributed by atoms with Crippen molar-refractivity contribution < 1.29 is 4.42 Å². The number of rotatable bonds is 2. The molecule has 1 atom stereocenters. The fourth-order valence-corrected chi connectivity index (χ4v) is 2.27. The minimum Gasteiger partial charge on any atom is -0.408 e. The van der Waals surface area contributed by atoms with Gasteiger partial charge in [0.15, 0.2) is 5.58 Å². The molecule has 90 valence electrons. The van der Waals surface area contributed by atoms with Crippen molar-refractivity contribution in [3.05, 3.63) is 34.3 Å². The second-order valence-electron chi connectivity index (χ2n) is 4.40. The first-order valence-corrected chi connectivity index (χ1v) is 5.87. The molecule has 2 heterocycles. The van der Waals surface area contributed by atoms with Crippen LogP contribution in [0, 0.1) is 0 Å². The van der Waals surface area contributed by atoms with E-state index >= 15 is 0 Å². The second-order valence-corrected chi connectivity index (χ2v) is 4.40. The molecule has 0 bridgehead atoms. The van der Waals surface area contributed by atoms with Crippen LogP contribution in [0.3, 0.4) is 0 Å². The maximum atomic E-state index is 11.0. The first kappa shape index (κ1) is 10.6. The summed E-state index contributed by atoms with van der Waals surface area (Å²) in [5.74, 6) is -0.394. The van der Waals surface area contributed by atoms with Gasteiger partial charge in [-0.05, 0) is 24.1 Å². The van der Waals surface area contributed by atoms with Crippen molar-refractivity contribution in [3.8, 4) is 0 Å². The van der Waals surface area contributed by atoms with Gasteiger partial charge in [-0.15, -0.1) is 0 Å². The molecule has 5 heteroatoms. The Morgan fingerprint density at radius 2 is 2.29 bits per heavy atom. The maximum Gasteiger partial charge on any atom is 0.417 e. The molecule has 0 saturated carbocycles. The molecule has 1 saturated heterocycles. The van der Waals surface area contributed by atoms with Crippen LogP contribution in [-0.4, -0.2) is 30.7 Å². The van der Waals surface area contributed by atoms with Crippen LogP contribution < -0.4 is 16.4 Å². The molecule has 1 aliphatic rings. The smallest absolute Gasteiger partial charge is 0.408 e. The molecule has 0 aliphatic carbocycles. The molecular formula is C12H15N3O2. The highest BCUT2D eigenvalue weighted by Crippen LogP contribution is 2.13. The lowest BCUT2D eigenvalue weighted by molar-refractivity contribution is 0.417. The minimum absolute atomic E-state index is 0.394. The summed E-state index contributed by atoms with van der Waals surface area (Å²) in [7, 11) is 0. The summed E-state index contributed by atoms with van der Waals surface area (Å²) in [5, 5.41) is 6.82. The van der Waals surface area contributed by atoms with Gasteiger partial charge in [-0.3, -0.25) is 4.98 Å². The Kier molecular flexibility index (Phi) is 2.70. The lowest BCUT2D eigenvalue weighted by Gasteiger charge is -2.24. The topological polar surface area (TPSA) is 70.1 Å². The third-order valence-corrected chi connectivity index (χ3v) is 3.09. The Morgan fingerprint density at radius 3 is 3.12 bits per heavy atom. The number of H-pyrrole nitrogens is 1. The molecule has 1 aromatic carbocycles. The fourth-order valence-electron chi connectivity index (χ4n) is 2.27. The van der Waals surface area contributed by atoms with Gasteiger partial charge in [-0.1, -0.05) is 6.07 Å². The van der Waals surface area contributed by atoms with Gasteiger partial charge in [0.05, 0.1) is 5.52 Å². The summed E-state index contributed by atoms with van der Waals surface area (Å²) in [4.78, 5) is 13.7. The van der Waals surface area contributed by atoms with Crippen molar-refractivity contribution in [1.82, 2.24) is 15.6 Å². The number of piperazine rings is 1. The van der Waals surface area contributed by atoms with Crippen LogP contribution in [0.25, 0.3) is 11.1 Å². The molecule has 3 N–H and O–H groups in total. The molecule has 2 aromatic rings. The van der Waals surface area contributed by atoms with E-state index in [1.807, 2.05) is 18.2 Å². The normalized spacial score (nSPS) is 20.8. The van der Waals surface area contributed by atoms with Crippen LogP contribution in [0.4, 0.5) is 0 Å². The van der Waals surface area contributed by atoms with Crippen molar-refractivity contribution in [2.75, 3.05) is 19.6 Å². The van der Waals surface area contributed by atoms with E-state index in [0.717, 1.165) is 31.6 Å². The van der Waals surface area contributed by atoms with E-state index in [-0.39, 0.29) is 0 Å². The van der Waals surface area contributed by atoms with E-state index in [0.29, 0.717) is 11.6 Å². The number of fused-ring (bicyclic) bond motifs is 1. The average molecular weight is 233 g/mol. The fraction of sp³-hybridized carbons (Fsp3) is 0.417. The standard InChI is InChI=1S/C12H15N3O2/c16-12-15-10-6-8(1-2-11(10)17-12)5-9-7-13-3-4-14-9/h1-2,6,9,13-14H,3-5,7H2,(H,15,16). The predicted octanol–water partition coefficient (Wildman–Crippen LogP) is 0.225. The van der Waals surface area contributed by atoms with Crippen LogP contribution in [0.1, 0.15) is 5.56 Å². The molecule has 3 rings (SSSR count). The first-order valence-electron chi connectivity index (χ1n) is 5.87. The summed E-state index contributed by atoms with van der Waals surface area (Å²) in [6.45, 7) is 3.03. The third-order valence-electron chi connectivity index (χ3n) is 3.09. The molecule has 5 nitrogen and oxygen atoms in total. The van der Waals surface area contributed by atoms with E-state index in [2.05, 4.69) is 15.6 Å². The Balaban J connectivity index is 1.82. The van der Waals surface area contributed by atoms with Crippen LogP contribution in [-0.2, 0) is 6.42 Å². The predicted molar refractivity (Wildman–Crippen MR) is 65.2 cm³/mol. The lowest BCUT2D eigenvalue weighted by atomic mass is 10.0. The highest BCUT2D eigenvalue weighted by atomic mass is 16.4. The quantitative estimate of drug-likeness (QED) is 0.694. The summed E-state index contributed by atoms with van der Waals surface area (Å²) in [5.41, 5.74) is 2.60. The molecule has 0 spiro atoms. The maximum absolute atomic E-state index is 11.0. The van der Waals surface area contributed by atoms with Crippen molar-refractivity contribution in [3.63, 3.8) is 0 Å². The lowest BCUT2D eigenvalue weighted by Crippen LogP contribution is -2.49. The van der Waals surface area contributed by atoms with Crippen molar-refractivity contribution in [2.45, 2.75) is 12.5 Å². The largest absolute Gasteiger partial charge is 0.417 e. The van der Waals surface area contributed by atoms with Gasteiger partial charge < -0.3 is 15.1 Å². The van der Waals surface area contributed by atoms with E-state index in [4.69, 9.17) is 4.42 Å². The van der Waals surface area contributed by atoms with Gasteiger partial charge in [-0.2, -0.15) is 0 Å². The zero-order valence-electron chi connectivity index (χ0n) is 9.45. The van der Waals surface area contributed by atoms with Gasteiger partial charge in [-0.25, -0.2) is 4.79 Å². The van der Waals surface area contributed by atoms with Crippen LogP contribution in [0.2, 0.25) is 0 Å². The number of hydrogen-bond donors (Lipinski definition) is 3. The molecule has 0 radical (unpaired) electrons. The zero-order valence-corrected chi connectivity index (χ0v) is 9.45. The molecule has 1 aliphatic heterocycles. The second kappa shape index (κ2) is 4.35. The van der Waals surface area contributed by atoms with Crippen molar-refractivity contribution >= 4 is 11.1 Å². The van der Waals surface area contributed by atoms with E-state index in [1.54, 1.807) is 0 Å².